The lowest BCUT2D eigenvalue weighted by Crippen LogP contribution is -2.26. The zero-order valence-corrected chi connectivity index (χ0v) is 12.1. The molecule has 1 atom stereocenters. The van der Waals surface area contributed by atoms with Crippen LogP contribution in [-0.4, -0.2) is 31.2 Å². The van der Waals surface area contributed by atoms with Crippen molar-refractivity contribution in [3.05, 3.63) is 34.6 Å². The summed E-state index contributed by atoms with van der Waals surface area (Å²) in [7, 11) is 2.07. The van der Waals surface area contributed by atoms with E-state index in [0.717, 1.165) is 31.7 Å². The molecule has 4 heteroatoms. The van der Waals surface area contributed by atoms with Crippen molar-refractivity contribution in [3.8, 4) is 0 Å². The Hall–Kier alpha value is -0.640. The highest BCUT2D eigenvalue weighted by Crippen LogP contribution is 2.18. The largest absolute Gasteiger partial charge is 0.378 e. The lowest BCUT2D eigenvalue weighted by Gasteiger charge is -2.25. The third-order valence-electron chi connectivity index (χ3n) is 3.54. The van der Waals surface area contributed by atoms with Crippen LogP contribution in [0, 0.1) is 5.82 Å². The molecule has 1 unspecified atom stereocenters. The van der Waals surface area contributed by atoms with Gasteiger partial charge in [0.25, 0.3) is 0 Å². The highest BCUT2D eigenvalue weighted by molar-refractivity contribution is 6.30. The smallest absolute Gasteiger partial charge is 0.141 e. The zero-order valence-electron chi connectivity index (χ0n) is 11.4. The highest BCUT2D eigenvalue weighted by atomic mass is 35.5. The van der Waals surface area contributed by atoms with E-state index < -0.39 is 0 Å². The molecule has 0 amide bonds. The van der Waals surface area contributed by atoms with E-state index in [1.807, 2.05) is 0 Å². The second kappa shape index (κ2) is 7.22. The van der Waals surface area contributed by atoms with Crippen LogP contribution in [0.4, 0.5) is 4.39 Å². The number of benzene rings is 1. The van der Waals surface area contributed by atoms with E-state index in [2.05, 4.69) is 11.9 Å². The topological polar surface area (TPSA) is 12.5 Å². The Morgan fingerprint density at radius 2 is 2.26 bits per heavy atom. The Kier molecular flexibility index (Phi) is 5.61. The van der Waals surface area contributed by atoms with Gasteiger partial charge in [0.05, 0.1) is 11.1 Å². The standard InChI is InChI=1S/C15H21ClFNO/c1-18(8-7-13-4-2-3-9-19-13)11-12-5-6-15(17)14(16)10-12/h5-6,10,13H,2-4,7-9,11H2,1H3. The van der Waals surface area contributed by atoms with Gasteiger partial charge in [0, 0.05) is 19.7 Å². The van der Waals surface area contributed by atoms with Crippen LogP contribution in [0.25, 0.3) is 0 Å². The molecule has 0 bridgehead atoms. The maximum atomic E-state index is 13.1. The zero-order chi connectivity index (χ0) is 13.7. The first-order chi connectivity index (χ1) is 9.15. The molecule has 1 aromatic rings. The summed E-state index contributed by atoms with van der Waals surface area (Å²) in [6.07, 6.45) is 5.12. The Labute approximate surface area is 119 Å². The van der Waals surface area contributed by atoms with E-state index in [-0.39, 0.29) is 10.8 Å². The molecule has 0 aromatic heterocycles. The molecule has 2 nitrogen and oxygen atoms in total. The molecular formula is C15H21ClFNO. The Balaban J connectivity index is 1.76. The summed E-state index contributed by atoms with van der Waals surface area (Å²) in [5.41, 5.74) is 1.04. The second-order valence-electron chi connectivity index (χ2n) is 5.26. The first-order valence-electron chi connectivity index (χ1n) is 6.89. The van der Waals surface area contributed by atoms with Crippen molar-refractivity contribution >= 4 is 11.6 Å². The second-order valence-corrected chi connectivity index (χ2v) is 5.67. The van der Waals surface area contributed by atoms with E-state index in [1.54, 1.807) is 12.1 Å². The van der Waals surface area contributed by atoms with Crippen molar-refractivity contribution in [2.45, 2.75) is 38.3 Å². The molecule has 0 spiro atoms. The molecule has 19 heavy (non-hydrogen) atoms. The number of halogens is 2. The molecule has 0 saturated carbocycles. The molecule has 1 aliphatic rings. The summed E-state index contributed by atoms with van der Waals surface area (Å²) in [4.78, 5) is 2.22. The van der Waals surface area contributed by atoms with E-state index in [1.165, 1.54) is 25.3 Å². The molecule has 1 aromatic carbocycles. The first kappa shape index (κ1) is 14.8. The molecule has 0 radical (unpaired) electrons. The van der Waals surface area contributed by atoms with Gasteiger partial charge in [-0.05, 0) is 50.4 Å². The minimum Gasteiger partial charge on any atom is -0.378 e. The Bertz CT molecular complexity index is 407. The average Bonchev–Trinajstić information content (AvgIpc) is 2.42. The predicted octanol–water partition coefficient (Wildman–Crippen LogP) is 3.87. The minimum atomic E-state index is -0.358. The molecule has 1 fully saturated rings. The summed E-state index contributed by atoms with van der Waals surface area (Å²) in [6.45, 7) is 2.67. The molecule has 1 saturated heterocycles. The maximum Gasteiger partial charge on any atom is 0.141 e. The third kappa shape index (κ3) is 4.75. The normalized spacial score (nSPS) is 19.9. The van der Waals surface area contributed by atoms with Crippen LogP contribution in [0.3, 0.4) is 0 Å². The van der Waals surface area contributed by atoms with Gasteiger partial charge in [-0.3, -0.25) is 0 Å². The van der Waals surface area contributed by atoms with Crippen LogP contribution in [-0.2, 0) is 11.3 Å². The van der Waals surface area contributed by atoms with Crippen LogP contribution in [0.15, 0.2) is 18.2 Å². The Morgan fingerprint density at radius 1 is 1.42 bits per heavy atom. The van der Waals surface area contributed by atoms with Crippen molar-refractivity contribution in [2.75, 3.05) is 20.2 Å². The third-order valence-corrected chi connectivity index (χ3v) is 3.83. The fourth-order valence-electron chi connectivity index (χ4n) is 2.43. The van der Waals surface area contributed by atoms with Gasteiger partial charge in [0.1, 0.15) is 5.82 Å². The monoisotopic (exact) mass is 285 g/mol. The maximum absolute atomic E-state index is 13.1. The molecule has 0 aliphatic carbocycles. The minimum absolute atomic E-state index is 0.196. The van der Waals surface area contributed by atoms with Gasteiger partial charge in [-0.15, -0.1) is 0 Å². The van der Waals surface area contributed by atoms with Crippen molar-refractivity contribution in [1.82, 2.24) is 4.90 Å². The average molecular weight is 286 g/mol. The summed E-state index contributed by atoms with van der Waals surface area (Å²) in [6, 6.07) is 4.91. The Morgan fingerprint density at radius 3 is 2.95 bits per heavy atom. The predicted molar refractivity (Wildman–Crippen MR) is 76.0 cm³/mol. The molecule has 0 N–H and O–H groups in total. The fraction of sp³-hybridized carbons (Fsp3) is 0.600. The molecule has 2 rings (SSSR count). The van der Waals surface area contributed by atoms with Crippen LogP contribution < -0.4 is 0 Å². The molecule has 1 heterocycles. The van der Waals surface area contributed by atoms with Gasteiger partial charge in [-0.25, -0.2) is 4.39 Å². The van der Waals surface area contributed by atoms with Gasteiger partial charge >= 0.3 is 0 Å². The van der Waals surface area contributed by atoms with Crippen molar-refractivity contribution in [3.63, 3.8) is 0 Å². The number of hydrogen-bond donors (Lipinski definition) is 0. The number of hydrogen-bond acceptors (Lipinski definition) is 2. The van der Waals surface area contributed by atoms with Gasteiger partial charge in [-0.1, -0.05) is 17.7 Å². The van der Waals surface area contributed by atoms with Gasteiger partial charge in [-0.2, -0.15) is 0 Å². The lowest BCUT2D eigenvalue weighted by molar-refractivity contribution is 0.00641. The summed E-state index contributed by atoms with van der Waals surface area (Å²) < 4.78 is 18.8. The van der Waals surface area contributed by atoms with Gasteiger partial charge in [0.15, 0.2) is 0 Å². The van der Waals surface area contributed by atoms with Crippen molar-refractivity contribution in [1.29, 1.82) is 0 Å². The number of rotatable bonds is 5. The quantitative estimate of drug-likeness (QED) is 0.814. The summed E-state index contributed by atoms with van der Waals surface area (Å²) >= 11 is 5.78. The molecular weight excluding hydrogens is 265 g/mol. The van der Waals surface area contributed by atoms with Crippen LogP contribution in [0.1, 0.15) is 31.2 Å². The molecule has 1 aliphatic heterocycles. The number of ether oxygens (including phenoxy) is 1. The summed E-state index contributed by atoms with van der Waals surface area (Å²) in [5, 5.41) is 0.196. The van der Waals surface area contributed by atoms with E-state index >= 15 is 0 Å². The SMILES string of the molecule is CN(CCC1CCCCO1)Cc1ccc(F)c(Cl)c1. The van der Waals surface area contributed by atoms with E-state index in [0.29, 0.717) is 6.10 Å². The first-order valence-corrected chi connectivity index (χ1v) is 7.27. The number of nitrogens with zero attached hydrogens (tertiary/aromatic N) is 1. The molecule has 106 valence electrons. The fourth-order valence-corrected chi connectivity index (χ4v) is 2.63. The van der Waals surface area contributed by atoms with Crippen LogP contribution >= 0.6 is 11.6 Å². The highest BCUT2D eigenvalue weighted by Gasteiger charge is 2.14. The summed E-state index contributed by atoms with van der Waals surface area (Å²) in [5.74, 6) is -0.358. The van der Waals surface area contributed by atoms with Crippen molar-refractivity contribution in [2.24, 2.45) is 0 Å². The lowest BCUT2D eigenvalue weighted by atomic mass is 10.1. The van der Waals surface area contributed by atoms with Crippen molar-refractivity contribution < 1.29 is 9.13 Å². The van der Waals surface area contributed by atoms with Crippen LogP contribution in [0.2, 0.25) is 5.02 Å². The van der Waals surface area contributed by atoms with Gasteiger partial charge in [0.2, 0.25) is 0 Å². The van der Waals surface area contributed by atoms with E-state index in [9.17, 15) is 4.39 Å². The van der Waals surface area contributed by atoms with Gasteiger partial charge < -0.3 is 9.64 Å². The van der Waals surface area contributed by atoms with E-state index in [4.69, 9.17) is 16.3 Å². The van der Waals surface area contributed by atoms with Crippen LogP contribution in [0.5, 0.6) is 0 Å².